The van der Waals surface area contributed by atoms with E-state index in [1.54, 1.807) is 12.1 Å². The van der Waals surface area contributed by atoms with Crippen LogP contribution in [0.3, 0.4) is 0 Å². The van der Waals surface area contributed by atoms with Crippen LogP contribution < -0.4 is 10.6 Å². The number of carbonyl (C=O) groups is 1. The third-order valence-electron chi connectivity index (χ3n) is 2.52. The second-order valence-electron chi connectivity index (χ2n) is 4.06. The Labute approximate surface area is 136 Å². The molecule has 0 atom stereocenters. The van der Waals surface area contributed by atoms with Crippen molar-refractivity contribution >= 4 is 51.6 Å². The van der Waals surface area contributed by atoms with Crippen LogP contribution >= 0.6 is 34.2 Å². The van der Waals surface area contributed by atoms with E-state index in [1.807, 2.05) is 31.2 Å². The molecule has 6 heteroatoms. The maximum Gasteiger partial charge on any atom is 0.255 e. The molecule has 0 saturated heterocycles. The summed E-state index contributed by atoms with van der Waals surface area (Å²) < 4.78 is 1.11. The van der Waals surface area contributed by atoms with E-state index < -0.39 is 0 Å². The molecule has 2 rings (SSSR count). The summed E-state index contributed by atoms with van der Waals surface area (Å²) in [6, 6.07) is 10.8. The minimum atomic E-state index is -0.213. The predicted molar refractivity (Wildman–Crippen MR) is 90.5 cm³/mol. The van der Waals surface area contributed by atoms with E-state index in [9.17, 15) is 4.79 Å². The SMILES string of the molecule is CCNc1cc(C(=O)Nc2ccc(I)cc2)cc(Cl)n1. The molecule has 2 N–H and O–H groups in total. The molecule has 0 radical (unpaired) electrons. The van der Waals surface area contributed by atoms with E-state index in [1.165, 1.54) is 0 Å². The Hall–Kier alpha value is -1.34. The van der Waals surface area contributed by atoms with E-state index in [0.717, 1.165) is 9.26 Å². The highest BCUT2D eigenvalue weighted by atomic mass is 127. The quantitative estimate of drug-likeness (QED) is 0.601. The summed E-state index contributed by atoms with van der Waals surface area (Å²) in [6.45, 7) is 2.67. The van der Waals surface area contributed by atoms with Crippen molar-refractivity contribution in [3.8, 4) is 0 Å². The number of hydrogen-bond acceptors (Lipinski definition) is 3. The molecule has 0 spiro atoms. The van der Waals surface area contributed by atoms with Crippen LogP contribution in [0.1, 0.15) is 17.3 Å². The van der Waals surface area contributed by atoms with Crippen molar-refractivity contribution in [2.45, 2.75) is 6.92 Å². The number of amides is 1. The van der Waals surface area contributed by atoms with Crippen molar-refractivity contribution in [3.63, 3.8) is 0 Å². The fourth-order valence-electron chi connectivity index (χ4n) is 1.64. The summed E-state index contributed by atoms with van der Waals surface area (Å²) >= 11 is 8.13. The summed E-state index contributed by atoms with van der Waals surface area (Å²) in [5.41, 5.74) is 1.22. The van der Waals surface area contributed by atoms with Crippen LogP contribution in [0.25, 0.3) is 0 Å². The average molecular weight is 402 g/mol. The first kappa shape index (κ1) is 15.1. The van der Waals surface area contributed by atoms with Gasteiger partial charge in [0.15, 0.2) is 0 Å². The summed E-state index contributed by atoms with van der Waals surface area (Å²) in [5.74, 6) is 0.377. The maximum absolute atomic E-state index is 12.2. The Morgan fingerprint density at radius 3 is 2.65 bits per heavy atom. The number of hydrogen-bond donors (Lipinski definition) is 2. The van der Waals surface area contributed by atoms with Gasteiger partial charge in [-0.05, 0) is 65.9 Å². The largest absolute Gasteiger partial charge is 0.370 e. The van der Waals surface area contributed by atoms with Gasteiger partial charge in [-0.2, -0.15) is 0 Å². The fraction of sp³-hybridized carbons (Fsp3) is 0.143. The zero-order valence-corrected chi connectivity index (χ0v) is 13.7. The number of benzene rings is 1. The first-order valence-electron chi connectivity index (χ1n) is 6.07. The molecule has 0 fully saturated rings. The minimum Gasteiger partial charge on any atom is -0.370 e. The molecular weight excluding hydrogens is 389 g/mol. The number of carbonyl (C=O) groups excluding carboxylic acids is 1. The highest BCUT2D eigenvalue weighted by Crippen LogP contribution is 2.17. The molecule has 1 aromatic heterocycles. The normalized spacial score (nSPS) is 10.2. The Kier molecular flexibility index (Phi) is 5.19. The van der Waals surface area contributed by atoms with Crippen molar-refractivity contribution in [1.82, 2.24) is 4.98 Å². The van der Waals surface area contributed by atoms with Crippen LogP contribution in [0.15, 0.2) is 36.4 Å². The average Bonchev–Trinajstić information content (AvgIpc) is 2.41. The lowest BCUT2D eigenvalue weighted by Crippen LogP contribution is -2.13. The lowest BCUT2D eigenvalue weighted by atomic mass is 10.2. The molecule has 0 aliphatic rings. The van der Waals surface area contributed by atoms with Crippen LogP contribution in [-0.2, 0) is 0 Å². The number of anilines is 2. The van der Waals surface area contributed by atoms with Crippen LogP contribution in [0.4, 0.5) is 11.5 Å². The Morgan fingerprint density at radius 1 is 1.30 bits per heavy atom. The summed E-state index contributed by atoms with van der Waals surface area (Å²) in [4.78, 5) is 16.3. The van der Waals surface area contributed by atoms with E-state index in [4.69, 9.17) is 11.6 Å². The first-order valence-corrected chi connectivity index (χ1v) is 7.52. The Morgan fingerprint density at radius 2 is 2.00 bits per heavy atom. The van der Waals surface area contributed by atoms with Crippen LogP contribution in [-0.4, -0.2) is 17.4 Å². The number of pyridine rings is 1. The topological polar surface area (TPSA) is 54.0 Å². The van der Waals surface area contributed by atoms with Gasteiger partial charge in [-0.3, -0.25) is 4.79 Å². The summed E-state index contributed by atoms with van der Waals surface area (Å²) in [7, 11) is 0. The second-order valence-corrected chi connectivity index (χ2v) is 5.69. The summed E-state index contributed by atoms with van der Waals surface area (Å²) in [6.07, 6.45) is 0. The van der Waals surface area contributed by atoms with E-state index in [0.29, 0.717) is 17.9 Å². The van der Waals surface area contributed by atoms with Gasteiger partial charge in [0.1, 0.15) is 11.0 Å². The van der Waals surface area contributed by atoms with Gasteiger partial charge >= 0.3 is 0 Å². The third kappa shape index (κ3) is 4.08. The van der Waals surface area contributed by atoms with Gasteiger partial charge in [0, 0.05) is 21.4 Å². The van der Waals surface area contributed by atoms with E-state index >= 15 is 0 Å². The zero-order chi connectivity index (χ0) is 14.5. The summed E-state index contributed by atoms with van der Waals surface area (Å²) in [5, 5.41) is 6.15. The van der Waals surface area contributed by atoms with Crippen molar-refractivity contribution < 1.29 is 4.79 Å². The maximum atomic E-state index is 12.2. The Bertz CT molecular complexity index is 616. The van der Waals surface area contributed by atoms with Crippen molar-refractivity contribution in [3.05, 3.63) is 50.7 Å². The standard InChI is InChI=1S/C14H13ClIN3O/c1-2-17-13-8-9(7-12(15)19-13)14(20)18-11-5-3-10(16)4-6-11/h3-8H,2H2,1H3,(H,17,19)(H,18,20). The van der Waals surface area contributed by atoms with Crippen LogP contribution in [0, 0.1) is 3.57 Å². The van der Waals surface area contributed by atoms with Gasteiger partial charge in [0.05, 0.1) is 0 Å². The van der Waals surface area contributed by atoms with E-state index in [2.05, 4.69) is 38.2 Å². The van der Waals surface area contributed by atoms with Gasteiger partial charge in [-0.25, -0.2) is 4.98 Å². The molecule has 104 valence electrons. The van der Waals surface area contributed by atoms with Crippen molar-refractivity contribution in [1.29, 1.82) is 0 Å². The molecule has 0 saturated carbocycles. The smallest absolute Gasteiger partial charge is 0.255 e. The molecule has 0 bridgehead atoms. The van der Waals surface area contributed by atoms with Gasteiger partial charge in [-0.15, -0.1) is 0 Å². The number of rotatable bonds is 4. The molecule has 1 amide bonds. The molecule has 1 aromatic carbocycles. The van der Waals surface area contributed by atoms with Gasteiger partial charge in [-0.1, -0.05) is 11.6 Å². The molecule has 2 aromatic rings. The molecule has 20 heavy (non-hydrogen) atoms. The highest BCUT2D eigenvalue weighted by molar-refractivity contribution is 14.1. The van der Waals surface area contributed by atoms with E-state index in [-0.39, 0.29) is 11.1 Å². The molecule has 4 nitrogen and oxygen atoms in total. The molecular formula is C14H13ClIN3O. The number of aromatic nitrogens is 1. The van der Waals surface area contributed by atoms with Gasteiger partial charge in [0.2, 0.25) is 0 Å². The molecule has 0 unspecified atom stereocenters. The Balaban J connectivity index is 2.18. The lowest BCUT2D eigenvalue weighted by Gasteiger charge is -2.08. The first-order chi connectivity index (χ1) is 9.58. The fourth-order valence-corrected chi connectivity index (χ4v) is 2.20. The third-order valence-corrected chi connectivity index (χ3v) is 3.43. The molecule has 1 heterocycles. The van der Waals surface area contributed by atoms with Crippen LogP contribution in [0.2, 0.25) is 5.15 Å². The lowest BCUT2D eigenvalue weighted by molar-refractivity contribution is 0.102. The highest BCUT2D eigenvalue weighted by Gasteiger charge is 2.09. The van der Waals surface area contributed by atoms with Gasteiger partial charge in [0.25, 0.3) is 5.91 Å². The van der Waals surface area contributed by atoms with Crippen molar-refractivity contribution in [2.75, 3.05) is 17.2 Å². The monoisotopic (exact) mass is 401 g/mol. The van der Waals surface area contributed by atoms with Crippen LogP contribution in [0.5, 0.6) is 0 Å². The minimum absolute atomic E-state index is 0.213. The molecule has 0 aliphatic carbocycles. The molecule has 0 aliphatic heterocycles. The second kappa shape index (κ2) is 6.90. The predicted octanol–water partition coefficient (Wildman–Crippen LogP) is 4.02. The number of nitrogens with zero attached hydrogens (tertiary/aromatic N) is 1. The van der Waals surface area contributed by atoms with Gasteiger partial charge < -0.3 is 10.6 Å². The number of nitrogens with one attached hydrogen (secondary N) is 2. The number of halogens is 2. The zero-order valence-electron chi connectivity index (χ0n) is 10.8. The van der Waals surface area contributed by atoms with Crippen molar-refractivity contribution in [2.24, 2.45) is 0 Å².